The van der Waals surface area contributed by atoms with Gasteiger partial charge in [-0.1, -0.05) is 5.16 Å². The number of oxime groups is 1. The Kier molecular flexibility index (Phi) is 3.17. The number of aliphatic hydroxyl groups is 1. The van der Waals surface area contributed by atoms with Crippen LogP contribution in [0.4, 0.5) is 17.6 Å². The van der Waals surface area contributed by atoms with E-state index in [2.05, 4.69) is 9.99 Å². The molecule has 0 aromatic heterocycles. The van der Waals surface area contributed by atoms with Crippen LogP contribution in [0.15, 0.2) is 23.4 Å². The molecule has 0 amide bonds. The van der Waals surface area contributed by atoms with Crippen LogP contribution in [0.1, 0.15) is 22.3 Å². The van der Waals surface area contributed by atoms with E-state index in [1.165, 1.54) is 0 Å². The van der Waals surface area contributed by atoms with Crippen molar-refractivity contribution in [3.8, 4) is 0 Å². The van der Waals surface area contributed by atoms with Crippen LogP contribution in [-0.4, -0.2) is 33.9 Å². The van der Waals surface area contributed by atoms with Crippen molar-refractivity contribution in [3.63, 3.8) is 0 Å². The van der Waals surface area contributed by atoms with E-state index < -0.39 is 35.9 Å². The molecule has 0 spiro atoms. The molecule has 0 saturated carbocycles. The lowest BCUT2D eigenvalue weighted by molar-refractivity contribution is -0.355. The van der Waals surface area contributed by atoms with Gasteiger partial charge in [0, 0.05) is 5.56 Å². The number of nitrogens with zero attached hydrogens (tertiary/aromatic N) is 1. The molecule has 0 fully saturated rings. The predicted octanol–water partition coefficient (Wildman–Crippen LogP) is 1.90. The van der Waals surface area contributed by atoms with E-state index in [1.807, 2.05) is 0 Å². The van der Waals surface area contributed by atoms with Crippen molar-refractivity contribution in [1.29, 1.82) is 0 Å². The molecule has 1 aliphatic rings. The van der Waals surface area contributed by atoms with Crippen molar-refractivity contribution in [2.45, 2.75) is 18.4 Å². The van der Waals surface area contributed by atoms with Gasteiger partial charge in [0.2, 0.25) is 0 Å². The summed E-state index contributed by atoms with van der Waals surface area (Å²) in [6.45, 7) is 0. The van der Waals surface area contributed by atoms with Gasteiger partial charge in [0.1, 0.15) is 5.82 Å². The lowest BCUT2D eigenvalue weighted by atomic mass is 10.0. The molecule has 20 heavy (non-hydrogen) atoms. The molecule has 1 unspecified atom stereocenters. The third kappa shape index (κ3) is 2.31. The molecule has 1 atom stereocenters. The highest BCUT2D eigenvalue weighted by molar-refractivity contribution is 6.02. The Balaban J connectivity index is 2.29. The van der Waals surface area contributed by atoms with E-state index in [-0.39, 0.29) is 11.1 Å². The summed E-state index contributed by atoms with van der Waals surface area (Å²) >= 11 is 0. The predicted molar refractivity (Wildman–Crippen MR) is 56.6 cm³/mol. The van der Waals surface area contributed by atoms with Crippen LogP contribution < -0.4 is 0 Å². The zero-order valence-corrected chi connectivity index (χ0v) is 9.61. The van der Waals surface area contributed by atoms with E-state index in [4.69, 9.17) is 5.11 Å². The molecule has 0 aliphatic carbocycles. The first-order chi connectivity index (χ1) is 9.14. The Hall–Kier alpha value is -2.16. The zero-order chi connectivity index (χ0) is 15.1. The summed E-state index contributed by atoms with van der Waals surface area (Å²) in [4.78, 5) is 14.6. The highest BCUT2D eigenvalue weighted by Gasteiger charge is 2.60. The van der Waals surface area contributed by atoms with E-state index >= 15 is 0 Å². The van der Waals surface area contributed by atoms with Gasteiger partial charge in [-0.3, -0.25) is 0 Å². The largest absolute Gasteiger partial charge is 0.478 e. The van der Waals surface area contributed by atoms with Crippen LogP contribution >= 0.6 is 0 Å². The number of carbonyl (C=O) groups is 1. The van der Waals surface area contributed by atoms with Gasteiger partial charge in [-0.2, -0.15) is 13.2 Å². The van der Waals surface area contributed by atoms with Crippen LogP contribution in [0.2, 0.25) is 0 Å². The van der Waals surface area contributed by atoms with Crippen LogP contribution in [0.5, 0.6) is 0 Å². The topological polar surface area (TPSA) is 79.1 Å². The van der Waals surface area contributed by atoms with Crippen molar-refractivity contribution in [3.05, 3.63) is 35.1 Å². The van der Waals surface area contributed by atoms with E-state index in [1.54, 1.807) is 0 Å². The summed E-state index contributed by atoms with van der Waals surface area (Å²) in [7, 11) is 0. The maximum Gasteiger partial charge on any atom is 0.458 e. The van der Waals surface area contributed by atoms with E-state index in [9.17, 15) is 27.5 Å². The average molecular weight is 293 g/mol. The van der Waals surface area contributed by atoms with Crippen molar-refractivity contribution >= 4 is 11.7 Å². The number of hydrogen-bond donors (Lipinski definition) is 2. The quantitative estimate of drug-likeness (QED) is 0.816. The van der Waals surface area contributed by atoms with Crippen LogP contribution in [0, 0.1) is 5.82 Å². The minimum atomic E-state index is -5.09. The Morgan fingerprint density at radius 1 is 1.40 bits per heavy atom. The first-order valence-electron chi connectivity index (χ1n) is 5.21. The summed E-state index contributed by atoms with van der Waals surface area (Å²) in [5, 5.41) is 20.9. The molecule has 1 aromatic rings. The number of benzene rings is 1. The van der Waals surface area contributed by atoms with Gasteiger partial charge in [0.05, 0.1) is 17.7 Å². The molecule has 0 saturated heterocycles. The molecule has 2 rings (SSSR count). The molecule has 9 heteroatoms. The number of halogens is 4. The number of rotatable bonds is 2. The number of carboxylic acids is 1. The smallest absolute Gasteiger partial charge is 0.458 e. The van der Waals surface area contributed by atoms with Gasteiger partial charge in [-0.05, 0) is 18.2 Å². The maximum atomic E-state index is 13.6. The number of hydrogen-bond acceptors (Lipinski definition) is 4. The summed E-state index contributed by atoms with van der Waals surface area (Å²) in [6.07, 6.45) is -6.17. The maximum absolute atomic E-state index is 13.6. The molecular weight excluding hydrogens is 286 g/mol. The second kappa shape index (κ2) is 4.44. The molecule has 5 nitrogen and oxygen atoms in total. The SMILES string of the molecule is O=C(O)c1ccc(C2=NOC(O)(C(F)(F)F)C2)c(F)c1. The van der Waals surface area contributed by atoms with Crippen LogP contribution in [-0.2, 0) is 4.84 Å². The van der Waals surface area contributed by atoms with Crippen LogP contribution in [0.3, 0.4) is 0 Å². The average Bonchev–Trinajstić information content (AvgIpc) is 2.72. The van der Waals surface area contributed by atoms with Crippen molar-refractivity contribution in [2.75, 3.05) is 0 Å². The Morgan fingerprint density at radius 3 is 2.50 bits per heavy atom. The van der Waals surface area contributed by atoms with Gasteiger partial charge in [0.15, 0.2) is 0 Å². The molecule has 2 N–H and O–H groups in total. The molecule has 0 bridgehead atoms. The fraction of sp³-hybridized carbons (Fsp3) is 0.273. The van der Waals surface area contributed by atoms with E-state index in [0.717, 1.165) is 12.1 Å². The summed E-state index contributed by atoms with van der Waals surface area (Å²) < 4.78 is 51.1. The molecule has 0 radical (unpaired) electrons. The van der Waals surface area contributed by atoms with Gasteiger partial charge in [-0.15, -0.1) is 0 Å². The first kappa shape index (κ1) is 14.3. The van der Waals surface area contributed by atoms with Gasteiger partial charge in [-0.25, -0.2) is 9.18 Å². The lowest BCUT2D eigenvalue weighted by Gasteiger charge is -2.22. The number of alkyl halides is 3. The van der Waals surface area contributed by atoms with Gasteiger partial charge >= 0.3 is 17.9 Å². The fourth-order valence-electron chi connectivity index (χ4n) is 1.60. The Labute approximate surface area is 109 Å². The first-order valence-corrected chi connectivity index (χ1v) is 5.21. The van der Waals surface area contributed by atoms with Crippen molar-refractivity contribution in [2.24, 2.45) is 5.16 Å². The zero-order valence-electron chi connectivity index (χ0n) is 9.61. The fourth-order valence-corrected chi connectivity index (χ4v) is 1.60. The second-order valence-electron chi connectivity index (χ2n) is 4.09. The summed E-state index contributed by atoms with van der Waals surface area (Å²) in [6, 6.07) is 2.61. The normalized spacial score (nSPS) is 22.4. The Morgan fingerprint density at radius 2 is 2.05 bits per heavy atom. The highest BCUT2D eigenvalue weighted by atomic mass is 19.4. The minimum Gasteiger partial charge on any atom is -0.478 e. The minimum absolute atomic E-state index is 0.364. The summed E-state index contributed by atoms with van der Waals surface area (Å²) in [5.74, 6) is -5.95. The van der Waals surface area contributed by atoms with Crippen molar-refractivity contribution < 1.29 is 37.4 Å². The highest BCUT2D eigenvalue weighted by Crippen LogP contribution is 2.39. The monoisotopic (exact) mass is 293 g/mol. The third-order valence-electron chi connectivity index (χ3n) is 2.68. The Bertz CT molecular complexity index is 599. The van der Waals surface area contributed by atoms with Gasteiger partial charge < -0.3 is 15.1 Å². The molecule has 1 aliphatic heterocycles. The summed E-state index contributed by atoms with van der Waals surface area (Å²) in [5.41, 5.74) is -1.19. The van der Waals surface area contributed by atoms with E-state index in [0.29, 0.717) is 6.07 Å². The molecule has 1 heterocycles. The number of aromatic carboxylic acids is 1. The standard InChI is InChI=1S/C11H7F4NO4/c12-7-3-5(9(17)18)1-2-6(7)8-4-10(19,20-16-8)11(13,14)15/h1-3,19H,4H2,(H,17,18). The van der Waals surface area contributed by atoms with Crippen molar-refractivity contribution in [1.82, 2.24) is 0 Å². The lowest BCUT2D eigenvalue weighted by Crippen LogP contribution is -2.45. The molecule has 1 aromatic carbocycles. The third-order valence-corrected chi connectivity index (χ3v) is 2.68. The van der Waals surface area contributed by atoms with Crippen LogP contribution in [0.25, 0.3) is 0 Å². The van der Waals surface area contributed by atoms with Gasteiger partial charge in [0.25, 0.3) is 0 Å². The number of carboxylic acid groups (broad SMARTS) is 1. The second-order valence-corrected chi connectivity index (χ2v) is 4.09. The molecule has 108 valence electrons. The molecular formula is C11H7F4NO4.